The quantitative estimate of drug-likeness (QED) is 0.887. The minimum absolute atomic E-state index is 0.138. The summed E-state index contributed by atoms with van der Waals surface area (Å²) in [5, 5.41) is 3.40. The zero-order valence-corrected chi connectivity index (χ0v) is 12.1. The molecule has 0 atom stereocenters. The van der Waals surface area contributed by atoms with Crippen LogP contribution in [0.2, 0.25) is 0 Å². The number of hydrogen-bond acceptors (Lipinski definition) is 3. The number of ether oxygens (including phenoxy) is 1. The molecule has 4 heteroatoms. The summed E-state index contributed by atoms with van der Waals surface area (Å²) < 4.78 is 5.38. The molecule has 1 aromatic rings. The van der Waals surface area contributed by atoms with Gasteiger partial charge in [-0.1, -0.05) is 6.07 Å². The maximum absolute atomic E-state index is 12.4. The smallest absolute Gasteiger partial charge is 0.228 e. The normalized spacial score (nSPS) is 19.2. The molecule has 0 spiro atoms. The van der Waals surface area contributed by atoms with Gasteiger partial charge in [0, 0.05) is 25.0 Å². The van der Waals surface area contributed by atoms with E-state index >= 15 is 0 Å². The van der Waals surface area contributed by atoms with Crippen molar-refractivity contribution in [2.45, 2.75) is 32.7 Å². The van der Waals surface area contributed by atoms with Gasteiger partial charge in [0.15, 0.2) is 0 Å². The Labute approximate surface area is 114 Å². The van der Waals surface area contributed by atoms with Gasteiger partial charge in [-0.25, -0.2) is 0 Å². The van der Waals surface area contributed by atoms with Crippen LogP contribution in [0.3, 0.4) is 0 Å². The monoisotopic (exact) mass is 262 g/mol. The maximum Gasteiger partial charge on any atom is 0.228 e. The van der Waals surface area contributed by atoms with Crippen LogP contribution in [-0.4, -0.2) is 31.6 Å². The second-order valence-electron chi connectivity index (χ2n) is 5.71. The van der Waals surface area contributed by atoms with Gasteiger partial charge >= 0.3 is 0 Å². The number of methoxy groups -OCH3 is 1. The van der Waals surface area contributed by atoms with E-state index in [0.29, 0.717) is 13.0 Å². The molecule has 19 heavy (non-hydrogen) atoms. The first-order chi connectivity index (χ1) is 8.93. The SMILES string of the molecule is COc1ccc(C)cc1N1CCNC(C)(C)CC1=O. The largest absolute Gasteiger partial charge is 0.495 e. The van der Waals surface area contributed by atoms with Gasteiger partial charge in [0.2, 0.25) is 5.91 Å². The topological polar surface area (TPSA) is 41.6 Å². The number of hydrogen-bond donors (Lipinski definition) is 1. The fraction of sp³-hybridized carbons (Fsp3) is 0.533. The molecular formula is C15H22N2O2. The van der Waals surface area contributed by atoms with Gasteiger partial charge in [0.25, 0.3) is 0 Å². The van der Waals surface area contributed by atoms with Gasteiger partial charge in [-0.2, -0.15) is 0 Å². The first kappa shape index (κ1) is 13.9. The molecule has 1 heterocycles. The maximum atomic E-state index is 12.4. The number of nitrogens with zero attached hydrogens (tertiary/aromatic N) is 1. The van der Waals surface area contributed by atoms with Crippen molar-refractivity contribution in [2.24, 2.45) is 0 Å². The Morgan fingerprint density at radius 1 is 1.37 bits per heavy atom. The van der Waals surface area contributed by atoms with Crippen molar-refractivity contribution in [3.8, 4) is 5.75 Å². The number of nitrogens with one attached hydrogen (secondary N) is 1. The lowest BCUT2D eigenvalue weighted by Gasteiger charge is -2.24. The van der Waals surface area contributed by atoms with Gasteiger partial charge < -0.3 is 15.0 Å². The predicted octanol–water partition coefficient (Wildman–Crippen LogP) is 2.11. The molecule has 0 aromatic heterocycles. The number of benzene rings is 1. The average molecular weight is 262 g/mol. The highest BCUT2D eigenvalue weighted by molar-refractivity contribution is 5.96. The number of anilines is 1. The van der Waals surface area contributed by atoms with Crippen molar-refractivity contribution in [1.29, 1.82) is 0 Å². The average Bonchev–Trinajstić information content (AvgIpc) is 2.46. The molecule has 0 saturated carbocycles. The second kappa shape index (κ2) is 5.21. The van der Waals surface area contributed by atoms with Crippen LogP contribution in [0, 0.1) is 6.92 Å². The van der Waals surface area contributed by atoms with E-state index in [2.05, 4.69) is 19.2 Å². The highest BCUT2D eigenvalue weighted by Crippen LogP contribution is 2.31. The Morgan fingerprint density at radius 3 is 2.79 bits per heavy atom. The Balaban J connectivity index is 2.35. The Kier molecular flexibility index (Phi) is 3.80. The number of carbonyl (C=O) groups excluding carboxylic acids is 1. The third-order valence-corrected chi connectivity index (χ3v) is 3.46. The summed E-state index contributed by atoms with van der Waals surface area (Å²) in [7, 11) is 1.64. The summed E-state index contributed by atoms with van der Waals surface area (Å²) in [4.78, 5) is 14.3. The first-order valence-electron chi connectivity index (χ1n) is 6.63. The number of amides is 1. The van der Waals surface area contributed by atoms with Crippen molar-refractivity contribution in [3.05, 3.63) is 23.8 Å². The molecule has 4 nitrogen and oxygen atoms in total. The number of rotatable bonds is 2. The fourth-order valence-electron chi connectivity index (χ4n) is 2.43. The van der Waals surface area contributed by atoms with E-state index in [1.165, 1.54) is 0 Å². The van der Waals surface area contributed by atoms with Crippen LogP contribution < -0.4 is 15.0 Å². The predicted molar refractivity (Wildman–Crippen MR) is 76.8 cm³/mol. The van der Waals surface area contributed by atoms with Crippen molar-refractivity contribution in [1.82, 2.24) is 5.32 Å². The lowest BCUT2D eigenvalue weighted by atomic mass is 10.0. The van der Waals surface area contributed by atoms with Crippen LogP contribution in [0.5, 0.6) is 5.75 Å². The van der Waals surface area contributed by atoms with E-state index in [1.807, 2.05) is 30.0 Å². The van der Waals surface area contributed by atoms with Crippen LogP contribution >= 0.6 is 0 Å². The standard InChI is InChI=1S/C15H22N2O2/c1-11-5-6-13(19-4)12(9-11)17-8-7-16-15(2,3)10-14(17)18/h5-6,9,16H,7-8,10H2,1-4H3. The molecule has 0 aliphatic carbocycles. The summed E-state index contributed by atoms with van der Waals surface area (Å²) in [6, 6.07) is 5.92. The summed E-state index contributed by atoms with van der Waals surface area (Å²) in [6.45, 7) is 7.59. The minimum atomic E-state index is -0.150. The van der Waals surface area contributed by atoms with Gasteiger partial charge in [-0.3, -0.25) is 4.79 Å². The molecule has 0 unspecified atom stereocenters. The zero-order chi connectivity index (χ0) is 14.0. The highest BCUT2D eigenvalue weighted by atomic mass is 16.5. The van der Waals surface area contributed by atoms with Crippen molar-refractivity contribution < 1.29 is 9.53 Å². The molecule has 1 aliphatic heterocycles. The molecule has 1 aromatic carbocycles. The Morgan fingerprint density at radius 2 is 2.11 bits per heavy atom. The molecule has 0 bridgehead atoms. The molecule has 104 valence electrons. The van der Waals surface area contributed by atoms with Crippen LogP contribution in [0.1, 0.15) is 25.8 Å². The van der Waals surface area contributed by atoms with Crippen molar-refractivity contribution in [2.75, 3.05) is 25.1 Å². The second-order valence-corrected chi connectivity index (χ2v) is 5.71. The van der Waals surface area contributed by atoms with E-state index in [0.717, 1.165) is 23.5 Å². The summed E-state index contributed by atoms with van der Waals surface area (Å²) in [5.74, 6) is 0.887. The van der Waals surface area contributed by atoms with Crippen LogP contribution in [0.25, 0.3) is 0 Å². The molecule has 1 saturated heterocycles. The molecule has 0 radical (unpaired) electrons. The van der Waals surface area contributed by atoms with E-state index in [9.17, 15) is 4.79 Å². The summed E-state index contributed by atoms with van der Waals surface area (Å²) >= 11 is 0. The third kappa shape index (κ3) is 3.07. The van der Waals surface area contributed by atoms with Gasteiger partial charge in [-0.05, 0) is 38.5 Å². The molecular weight excluding hydrogens is 240 g/mol. The first-order valence-corrected chi connectivity index (χ1v) is 6.63. The van der Waals surface area contributed by atoms with E-state index < -0.39 is 0 Å². The Bertz CT molecular complexity index is 483. The molecule has 1 amide bonds. The summed E-state index contributed by atoms with van der Waals surface area (Å²) in [6.07, 6.45) is 0.490. The fourth-order valence-corrected chi connectivity index (χ4v) is 2.43. The lowest BCUT2D eigenvalue weighted by molar-refractivity contribution is -0.119. The van der Waals surface area contributed by atoms with E-state index in [4.69, 9.17) is 4.74 Å². The van der Waals surface area contributed by atoms with Gasteiger partial charge in [0.05, 0.1) is 12.8 Å². The Hall–Kier alpha value is -1.55. The van der Waals surface area contributed by atoms with Crippen LogP contribution in [0.15, 0.2) is 18.2 Å². The molecule has 1 N–H and O–H groups in total. The number of aryl methyl sites for hydroxylation is 1. The van der Waals surface area contributed by atoms with Crippen LogP contribution in [-0.2, 0) is 4.79 Å². The zero-order valence-electron chi connectivity index (χ0n) is 12.1. The van der Waals surface area contributed by atoms with Gasteiger partial charge in [-0.15, -0.1) is 0 Å². The minimum Gasteiger partial charge on any atom is -0.495 e. The molecule has 2 rings (SSSR count). The van der Waals surface area contributed by atoms with Crippen LogP contribution in [0.4, 0.5) is 5.69 Å². The van der Waals surface area contributed by atoms with Crippen molar-refractivity contribution >= 4 is 11.6 Å². The lowest BCUT2D eigenvalue weighted by Crippen LogP contribution is -2.39. The van der Waals surface area contributed by atoms with Crippen molar-refractivity contribution in [3.63, 3.8) is 0 Å². The van der Waals surface area contributed by atoms with E-state index in [-0.39, 0.29) is 11.4 Å². The van der Waals surface area contributed by atoms with E-state index in [1.54, 1.807) is 7.11 Å². The van der Waals surface area contributed by atoms with Gasteiger partial charge in [0.1, 0.15) is 5.75 Å². The molecule has 1 fully saturated rings. The summed E-state index contributed by atoms with van der Waals surface area (Å²) in [5.41, 5.74) is 1.84. The molecule has 1 aliphatic rings. The highest BCUT2D eigenvalue weighted by Gasteiger charge is 2.30. The third-order valence-electron chi connectivity index (χ3n) is 3.46. The number of carbonyl (C=O) groups is 1.